The molecule has 0 amide bonds. The summed E-state index contributed by atoms with van der Waals surface area (Å²) >= 11 is 0. The maximum atomic E-state index is 5.67. The van der Waals surface area contributed by atoms with Crippen LogP contribution in [0.5, 0.6) is 11.6 Å². The van der Waals surface area contributed by atoms with Crippen molar-refractivity contribution in [2.24, 2.45) is 12.9 Å². The predicted octanol–water partition coefficient (Wildman–Crippen LogP) is 0.905. The fourth-order valence-corrected chi connectivity index (χ4v) is 1.48. The van der Waals surface area contributed by atoms with Crippen LogP contribution < -0.4 is 16.0 Å². The van der Waals surface area contributed by atoms with Gasteiger partial charge in [-0.15, -0.1) is 0 Å². The Labute approximate surface area is 98.6 Å². The van der Waals surface area contributed by atoms with Crippen molar-refractivity contribution in [1.82, 2.24) is 19.7 Å². The Balaban J connectivity index is 2.31. The number of nitrogens with zero attached hydrogens (tertiary/aromatic N) is 4. The molecule has 2 aromatic rings. The van der Waals surface area contributed by atoms with E-state index in [1.165, 1.54) is 6.33 Å². The molecule has 0 aromatic carbocycles. The lowest BCUT2D eigenvalue weighted by molar-refractivity contribution is 0.454. The van der Waals surface area contributed by atoms with Crippen molar-refractivity contribution >= 4 is 5.82 Å². The van der Waals surface area contributed by atoms with E-state index in [9.17, 15) is 0 Å². The van der Waals surface area contributed by atoms with Crippen LogP contribution >= 0.6 is 0 Å². The molecule has 0 fully saturated rings. The molecule has 0 saturated carbocycles. The van der Waals surface area contributed by atoms with Gasteiger partial charge in [0.25, 0.3) is 0 Å². The molecule has 0 radical (unpaired) electrons. The van der Waals surface area contributed by atoms with E-state index in [-0.39, 0.29) is 0 Å². The number of aromatic nitrogens is 4. The summed E-state index contributed by atoms with van der Waals surface area (Å²) in [6.07, 6.45) is 1.38. The van der Waals surface area contributed by atoms with E-state index in [1.54, 1.807) is 10.7 Å². The van der Waals surface area contributed by atoms with Crippen molar-refractivity contribution in [2.45, 2.75) is 13.8 Å². The Morgan fingerprint density at radius 3 is 2.71 bits per heavy atom. The topological polar surface area (TPSA) is 90.9 Å². The minimum atomic E-state index is 0.423. The quantitative estimate of drug-likeness (QED) is 0.605. The number of nitrogen functional groups attached to an aromatic ring is 1. The van der Waals surface area contributed by atoms with Crippen LogP contribution in [0.2, 0.25) is 0 Å². The van der Waals surface area contributed by atoms with Gasteiger partial charge in [-0.3, -0.25) is 4.68 Å². The summed E-state index contributed by atoms with van der Waals surface area (Å²) < 4.78 is 7.43. The number of nitrogens with two attached hydrogens (primary N) is 1. The van der Waals surface area contributed by atoms with E-state index in [4.69, 9.17) is 10.6 Å². The number of ether oxygens (including phenoxy) is 1. The number of nitrogens with one attached hydrogen (secondary N) is 1. The molecular formula is C10H14N6O. The second-order valence-corrected chi connectivity index (χ2v) is 3.61. The van der Waals surface area contributed by atoms with Gasteiger partial charge in [0.1, 0.15) is 17.8 Å². The zero-order valence-corrected chi connectivity index (χ0v) is 9.93. The predicted molar refractivity (Wildman–Crippen MR) is 62.6 cm³/mol. The first-order valence-corrected chi connectivity index (χ1v) is 5.08. The van der Waals surface area contributed by atoms with E-state index in [1.807, 2.05) is 20.9 Å². The number of aryl methyl sites for hydroxylation is 2. The highest BCUT2D eigenvalue weighted by Gasteiger charge is 2.12. The van der Waals surface area contributed by atoms with Gasteiger partial charge in [0.2, 0.25) is 5.88 Å². The highest BCUT2D eigenvalue weighted by Crippen LogP contribution is 2.27. The molecule has 0 bridgehead atoms. The molecule has 17 heavy (non-hydrogen) atoms. The maximum absolute atomic E-state index is 5.67. The molecular weight excluding hydrogens is 220 g/mol. The highest BCUT2D eigenvalue weighted by molar-refractivity contribution is 5.39. The fourth-order valence-electron chi connectivity index (χ4n) is 1.48. The molecule has 2 aromatic heterocycles. The first-order chi connectivity index (χ1) is 8.11. The Kier molecular flexibility index (Phi) is 2.92. The first-order valence-electron chi connectivity index (χ1n) is 5.08. The fraction of sp³-hybridized carbons (Fsp3) is 0.300. The van der Waals surface area contributed by atoms with E-state index < -0.39 is 0 Å². The molecule has 0 atom stereocenters. The molecule has 0 aliphatic heterocycles. The monoisotopic (exact) mass is 234 g/mol. The highest BCUT2D eigenvalue weighted by atomic mass is 16.5. The van der Waals surface area contributed by atoms with Crippen LogP contribution in [0.4, 0.5) is 5.82 Å². The van der Waals surface area contributed by atoms with Gasteiger partial charge < -0.3 is 10.2 Å². The van der Waals surface area contributed by atoms with Crippen molar-refractivity contribution in [3.05, 3.63) is 23.8 Å². The standard InChI is InChI=1S/C10H14N6O/c1-6-10(7(2)16(3)15-6)17-9-4-8(14-11)12-5-13-9/h4-5H,11H2,1-3H3,(H,12,13,14). The average Bonchev–Trinajstić information content (AvgIpc) is 2.56. The molecule has 0 spiro atoms. The number of hydrazine groups is 1. The van der Waals surface area contributed by atoms with Crippen molar-refractivity contribution in [2.75, 3.05) is 5.43 Å². The van der Waals surface area contributed by atoms with Gasteiger partial charge in [0, 0.05) is 13.1 Å². The smallest absolute Gasteiger partial charge is 0.224 e. The number of hydrogen-bond donors (Lipinski definition) is 2. The van der Waals surface area contributed by atoms with Crippen molar-refractivity contribution in [3.63, 3.8) is 0 Å². The normalized spacial score (nSPS) is 10.4. The van der Waals surface area contributed by atoms with E-state index in [2.05, 4.69) is 20.5 Å². The van der Waals surface area contributed by atoms with Gasteiger partial charge >= 0.3 is 0 Å². The molecule has 7 heteroatoms. The first kappa shape index (κ1) is 11.3. The second-order valence-electron chi connectivity index (χ2n) is 3.61. The van der Waals surface area contributed by atoms with Crippen LogP contribution in [0.25, 0.3) is 0 Å². The molecule has 0 unspecified atom stereocenters. The van der Waals surface area contributed by atoms with Crippen LogP contribution in [0.15, 0.2) is 12.4 Å². The lowest BCUT2D eigenvalue weighted by Crippen LogP contribution is -2.08. The van der Waals surface area contributed by atoms with Gasteiger partial charge in [-0.2, -0.15) is 5.10 Å². The second kappa shape index (κ2) is 4.38. The summed E-state index contributed by atoms with van der Waals surface area (Å²) in [4.78, 5) is 7.91. The molecule has 2 rings (SSSR count). The minimum Gasteiger partial charge on any atom is -0.435 e. The molecule has 7 nitrogen and oxygen atoms in total. The van der Waals surface area contributed by atoms with Gasteiger partial charge in [-0.1, -0.05) is 0 Å². The average molecular weight is 234 g/mol. The zero-order valence-electron chi connectivity index (χ0n) is 9.93. The molecule has 0 aliphatic rings. The SMILES string of the molecule is Cc1nn(C)c(C)c1Oc1cc(NN)ncn1. The Bertz CT molecular complexity index is 536. The third-order valence-electron chi connectivity index (χ3n) is 2.44. The maximum Gasteiger partial charge on any atom is 0.224 e. The van der Waals surface area contributed by atoms with Crippen LogP contribution in [0.1, 0.15) is 11.4 Å². The van der Waals surface area contributed by atoms with Crippen LogP contribution in [0.3, 0.4) is 0 Å². The lowest BCUT2D eigenvalue weighted by atomic mass is 10.3. The largest absolute Gasteiger partial charge is 0.435 e. The van der Waals surface area contributed by atoms with E-state index >= 15 is 0 Å². The van der Waals surface area contributed by atoms with E-state index in [0.717, 1.165) is 11.4 Å². The summed E-state index contributed by atoms with van der Waals surface area (Å²) in [5.74, 6) is 6.88. The van der Waals surface area contributed by atoms with Gasteiger partial charge in [-0.05, 0) is 13.8 Å². The van der Waals surface area contributed by atoms with Gasteiger partial charge in [0.05, 0.1) is 5.69 Å². The lowest BCUT2D eigenvalue weighted by Gasteiger charge is -2.05. The number of anilines is 1. The Morgan fingerprint density at radius 1 is 1.35 bits per heavy atom. The summed E-state index contributed by atoms with van der Waals surface area (Å²) in [5, 5.41) is 4.26. The zero-order chi connectivity index (χ0) is 12.4. The number of rotatable bonds is 3. The van der Waals surface area contributed by atoms with Crippen LogP contribution in [-0.2, 0) is 7.05 Å². The summed E-state index contributed by atoms with van der Waals surface area (Å²) in [6, 6.07) is 1.62. The van der Waals surface area contributed by atoms with E-state index in [0.29, 0.717) is 17.4 Å². The summed E-state index contributed by atoms with van der Waals surface area (Å²) in [5.41, 5.74) is 4.18. The summed E-state index contributed by atoms with van der Waals surface area (Å²) in [6.45, 7) is 3.81. The summed E-state index contributed by atoms with van der Waals surface area (Å²) in [7, 11) is 1.86. The third-order valence-corrected chi connectivity index (χ3v) is 2.44. The third kappa shape index (κ3) is 2.18. The van der Waals surface area contributed by atoms with Crippen molar-refractivity contribution in [1.29, 1.82) is 0 Å². The molecule has 3 N–H and O–H groups in total. The molecule has 0 saturated heterocycles. The minimum absolute atomic E-state index is 0.423. The van der Waals surface area contributed by atoms with Gasteiger partial charge in [0.15, 0.2) is 5.75 Å². The number of hydrogen-bond acceptors (Lipinski definition) is 6. The molecule has 90 valence electrons. The molecule has 2 heterocycles. The van der Waals surface area contributed by atoms with Crippen LogP contribution in [-0.4, -0.2) is 19.7 Å². The Hall–Kier alpha value is -2.15. The van der Waals surface area contributed by atoms with Crippen molar-refractivity contribution in [3.8, 4) is 11.6 Å². The van der Waals surface area contributed by atoms with Crippen molar-refractivity contribution < 1.29 is 4.74 Å². The van der Waals surface area contributed by atoms with Crippen LogP contribution in [0, 0.1) is 13.8 Å². The van der Waals surface area contributed by atoms with Gasteiger partial charge in [-0.25, -0.2) is 15.8 Å². The molecule has 0 aliphatic carbocycles. The Morgan fingerprint density at radius 2 is 2.12 bits per heavy atom.